The van der Waals surface area contributed by atoms with E-state index in [2.05, 4.69) is 15.5 Å². The summed E-state index contributed by atoms with van der Waals surface area (Å²) >= 11 is 6.02. The SMILES string of the molecule is CCn1ncc(Cl)c1CNC(=O)C(C)n1nccc1C(=O)O. The number of halogens is 1. The van der Waals surface area contributed by atoms with Crippen molar-refractivity contribution in [3.8, 4) is 0 Å². The zero-order valence-corrected chi connectivity index (χ0v) is 12.9. The Morgan fingerprint density at radius 3 is 2.82 bits per heavy atom. The number of carbonyl (C=O) groups is 2. The molecule has 0 spiro atoms. The molecule has 0 aliphatic carbocycles. The van der Waals surface area contributed by atoms with Crippen LogP contribution in [-0.4, -0.2) is 36.5 Å². The number of aromatic nitrogens is 4. The Bertz CT molecular complexity index is 694. The van der Waals surface area contributed by atoms with Crippen molar-refractivity contribution in [3.05, 3.63) is 34.9 Å². The topological polar surface area (TPSA) is 102 Å². The first-order chi connectivity index (χ1) is 10.5. The summed E-state index contributed by atoms with van der Waals surface area (Å²) in [7, 11) is 0. The van der Waals surface area contributed by atoms with Gasteiger partial charge >= 0.3 is 5.97 Å². The van der Waals surface area contributed by atoms with E-state index in [9.17, 15) is 9.59 Å². The highest BCUT2D eigenvalue weighted by atomic mass is 35.5. The molecule has 2 heterocycles. The smallest absolute Gasteiger partial charge is 0.354 e. The van der Waals surface area contributed by atoms with Crippen molar-refractivity contribution in [3.63, 3.8) is 0 Å². The predicted octanol–water partition coefficient (Wildman–Crippen LogP) is 1.33. The number of hydrogen-bond acceptors (Lipinski definition) is 4. The third kappa shape index (κ3) is 3.11. The summed E-state index contributed by atoms with van der Waals surface area (Å²) in [6.07, 6.45) is 2.86. The first-order valence-electron chi connectivity index (χ1n) is 6.70. The minimum Gasteiger partial charge on any atom is -0.477 e. The van der Waals surface area contributed by atoms with E-state index in [1.165, 1.54) is 18.5 Å². The van der Waals surface area contributed by atoms with Gasteiger partial charge < -0.3 is 10.4 Å². The fraction of sp³-hybridized carbons (Fsp3) is 0.385. The molecule has 1 amide bonds. The van der Waals surface area contributed by atoms with Gasteiger partial charge in [-0.3, -0.25) is 9.48 Å². The number of carbonyl (C=O) groups excluding carboxylic acids is 1. The Balaban J connectivity index is 2.07. The summed E-state index contributed by atoms with van der Waals surface area (Å²) in [6.45, 7) is 4.34. The molecule has 8 nitrogen and oxygen atoms in total. The van der Waals surface area contributed by atoms with Crippen LogP contribution < -0.4 is 5.32 Å². The van der Waals surface area contributed by atoms with Crippen molar-refractivity contribution in [2.24, 2.45) is 0 Å². The molecule has 0 aliphatic rings. The number of nitrogens with zero attached hydrogens (tertiary/aromatic N) is 4. The van der Waals surface area contributed by atoms with Crippen LogP contribution in [0.1, 0.15) is 36.1 Å². The number of carboxylic acid groups (broad SMARTS) is 1. The summed E-state index contributed by atoms with van der Waals surface area (Å²) in [6, 6.07) is 0.590. The maximum Gasteiger partial charge on any atom is 0.354 e. The van der Waals surface area contributed by atoms with E-state index in [0.717, 1.165) is 4.68 Å². The Labute approximate surface area is 131 Å². The van der Waals surface area contributed by atoms with Crippen LogP contribution in [0, 0.1) is 0 Å². The molecule has 0 saturated carbocycles. The van der Waals surface area contributed by atoms with Crippen molar-refractivity contribution in [2.75, 3.05) is 0 Å². The molecule has 2 aromatic rings. The van der Waals surface area contributed by atoms with Crippen LogP contribution in [0.4, 0.5) is 0 Å². The third-order valence-electron chi connectivity index (χ3n) is 3.26. The Hall–Kier alpha value is -2.35. The van der Waals surface area contributed by atoms with E-state index in [0.29, 0.717) is 17.3 Å². The highest BCUT2D eigenvalue weighted by molar-refractivity contribution is 6.31. The van der Waals surface area contributed by atoms with E-state index in [-0.39, 0.29) is 18.1 Å². The van der Waals surface area contributed by atoms with E-state index in [1.807, 2.05) is 6.92 Å². The molecule has 1 unspecified atom stereocenters. The molecular formula is C13H16ClN5O3. The summed E-state index contributed by atoms with van der Waals surface area (Å²) in [4.78, 5) is 23.2. The number of amides is 1. The van der Waals surface area contributed by atoms with Gasteiger partial charge in [0.2, 0.25) is 5.91 Å². The zero-order chi connectivity index (χ0) is 16.3. The van der Waals surface area contributed by atoms with Crippen molar-refractivity contribution >= 4 is 23.5 Å². The molecule has 0 bridgehead atoms. The second-order valence-corrected chi connectivity index (χ2v) is 5.02. The predicted molar refractivity (Wildman–Crippen MR) is 78.7 cm³/mol. The average molecular weight is 326 g/mol. The second kappa shape index (κ2) is 6.61. The fourth-order valence-corrected chi connectivity index (χ4v) is 2.27. The highest BCUT2D eigenvalue weighted by Gasteiger charge is 2.21. The molecule has 118 valence electrons. The molecular weight excluding hydrogens is 310 g/mol. The van der Waals surface area contributed by atoms with Gasteiger partial charge in [-0.1, -0.05) is 11.6 Å². The quantitative estimate of drug-likeness (QED) is 0.834. The second-order valence-electron chi connectivity index (χ2n) is 4.61. The van der Waals surface area contributed by atoms with Crippen LogP contribution in [0.15, 0.2) is 18.5 Å². The maximum atomic E-state index is 12.2. The van der Waals surface area contributed by atoms with Crippen molar-refractivity contribution in [1.29, 1.82) is 0 Å². The van der Waals surface area contributed by atoms with E-state index in [1.54, 1.807) is 11.6 Å². The third-order valence-corrected chi connectivity index (χ3v) is 3.58. The molecule has 2 rings (SSSR count). The van der Waals surface area contributed by atoms with Gasteiger partial charge in [-0.15, -0.1) is 0 Å². The molecule has 0 radical (unpaired) electrons. The first-order valence-corrected chi connectivity index (χ1v) is 7.08. The van der Waals surface area contributed by atoms with Gasteiger partial charge in [-0.05, 0) is 19.9 Å². The molecule has 22 heavy (non-hydrogen) atoms. The fourth-order valence-electron chi connectivity index (χ4n) is 2.06. The van der Waals surface area contributed by atoms with Crippen LogP contribution in [0.2, 0.25) is 5.02 Å². The minimum atomic E-state index is -1.13. The summed E-state index contributed by atoms with van der Waals surface area (Å²) in [5.41, 5.74) is 0.655. The molecule has 2 N–H and O–H groups in total. The molecule has 0 aromatic carbocycles. The van der Waals surface area contributed by atoms with Gasteiger partial charge in [0.05, 0.1) is 23.5 Å². The lowest BCUT2D eigenvalue weighted by molar-refractivity contribution is -0.124. The van der Waals surface area contributed by atoms with Gasteiger partial charge in [0.25, 0.3) is 0 Å². The van der Waals surface area contributed by atoms with E-state index in [4.69, 9.17) is 16.7 Å². The molecule has 0 saturated heterocycles. The first kappa shape index (κ1) is 16.0. The van der Waals surface area contributed by atoms with Crippen molar-refractivity contribution in [2.45, 2.75) is 33.0 Å². The average Bonchev–Trinajstić information content (AvgIpc) is 3.10. The van der Waals surface area contributed by atoms with Gasteiger partial charge in [-0.25, -0.2) is 9.48 Å². The van der Waals surface area contributed by atoms with Crippen molar-refractivity contribution < 1.29 is 14.7 Å². The molecule has 0 fully saturated rings. The zero-order valence-electron chi connectivity index (χ0n) is 12.2. The lowest BCUT2D eigenvalue weighted by Gasteiger charge is -2.15. The minimum absolute atomic E-state index is 0.0423. The summed E-state index contributed by atoms with van der Waals surface area (Å²) in [5, 5.41) is 20.2. The molecule has 9 heteroatoms. The standard InChI is InChI=1S/C13H16ClN5O3/c1-3-18-11(9(14)6-17-18)7-15-12(20)8(2)19-10(13(21)22)4-5-16-19/h4-6,8H,3,7H2,1-2H3,(H,15,20)(H,21,22). The maximum absolute atomic E-state index is 12.2. The number of hydrogen-bond donors (Lipinski definition) is 2. The summed E-state index contributed by atoms with van der Waals surface area (Å²) < 4.78 is 2.85. The van der Waals surface area contributed by atoms with Gasteiger partial charge in [0, 0.05) is 12.7 Å². The number of aryl methyl sites for hydroxylation is 1. The van der Waals surface area contributed by atoms with Gasteiger partial charge in [0.1, 0.15) is 11.7 Å². The molecule has 1 atom stereocenters. The number of carboxylic acids is 1. The Morgan fingerprint density at radius 1 is 1.45 bits per heavy atom. The Morgan fingerprint density at radius 2 is 2.18 bits per heavy atom. The number of aromatic carboxylic acids is 1. The van der Waals surface area contributed by atoms with E-state index < -0.39 is 12.0 Å². The molecule has 2 aromatic heterocycles. The normalized spacial score (nSPS) is 12.1. The van der Waals surface area contributed by atoms with E-state index >= 15 is 0 Å². The van der Waals surface area contributed by atoms with Crippen LogP contribution in [0.25, 0.3) is 0 Å². The lowest BCUT2D eigenvalue weighted by atomic mass is 10.3. The van der Waals surface area contributed by atoms with Gasteiger partial charge in [0.15, 0.2) is 0 Å². The van der Waals surface area contributed by atoms with Crippen LogP contribution in [0.5, 0.6) is 0 Å². The monoisotopic (exact) mass is 325 g/mol. The van der Waals surface area contributed by atoms with Crippen LogP contribution in [-0.2, 0) is 17.9 Å². The van der Waals surface area contributed by atoms with Gasteiger partial charge in [-0.2, -0.15) is 10.2 Å². The van der Waals surface area contributed by atoms with Crippen LogP contribution in [0.3, 0.4) is 0 Å². The lowest BCUT2D eigenvalue weighted by Crippen LogP contribution is -2.33. The molecule has 0 aliphatic heterocycles. The van der Waals surface area contributed by atoms with Crippen molar-refractivity contribution in [1.82, 2.24) is 24.9 Å². The largest absolute Gasteiger partial charge is 0.477 e. The number of rotatable bonds is 6. The number of nitrogens with one attached hydrogen (secondary N) is 1. The van der Waals surface area contributed by atoms with Crippen LogP contribution >= 0.6 is 11.6 Å². The summed E-state index contributed by atoms with van der Waals surface area (Å²) in [5.74, 6) is -1.49. The Kier molecular flexibility index (Phi) is 4.81. The highest BCUT2D eigenvalue weighted by Crippen LogP contribution is 2.15.